The Morgan fingerprint density at radius 2 is 1.90 bits per heavy atom. The van der Waals surface area contributed by atoms with Crippen LogP contribution in [0, 0.1) is 5.41 Å². The van der Waals surface area contributed by atoms with Crippen molar-refractivity contribution in [1.82, 2.24) is 0 Å². The van der Waals surface area contributed by atoms with Crippen LogP contribution >= 0.6 is 10.8 Å². The lowest BCUT2D eigenvalue weighted by Gasteiger charge is -2.19. The van der Waals surface area contributed by atoms with Gasteiger partial charge in [0.15, 0.2) is 0 Å². The normalized spacial score (nSPS) is 34.0. The summed E-state index contributed by atoms with van der Waals surface area (Å²) in [6, 6.07) is 0. The van der Waals surface area contributed by atoms with Crippen molar-refractivity contribution in [2.75, 3.05) is 11.5 Å². The Labute approximate surface area is 64.7 Å². The van der Waals surface area contributed by atoms with Crippen LogP contribution in [0.5, 0.6) is 0 Å². The molecule has 0 amide bonds. The Bertz CT molecular complexity index is 238. The van der Waals surface area contributed by atoms with E-state index >= 15 is 0 Å². The average Bonchev–Trinajstić information content (AvgIpc) is 2.45. The molecule has 1 heterocycles. The van der Waals surface area contributed by atoms with E-state index < -0.39 is 8.87 Å². The van der Waals surface area contributed by atoms with Crippen molar-refractivity contribution in [2.24, 2.45) is 5.41 Å². The van der Waals surface area contributed by atoms with Gasteiger partial charge < -0.3 is 0 Å². The van der Waals surface area contributed by atoms with E-state index in [1.165, 1.54) is 0 Å². The van der Waals surface area contributed by atoms with E-state index in [1.54, 1.807) is 0 Å². The van der Waals surface area contributed by atoms with Crippen molar-refractivity contribution in [3.63, 3.8) is 0 Å². The Morgan fingerprint density at radius 3 is 2.30 bits per heavy atom. The minimum Gasteiger partial charge on any atom is -0.217 e. The van der Waals surface area contributed by atoms with Crippen LogP contribution in [0.25, 0.3) is 0 Å². The number of rotatable bonds is 0. The second-order valence-electron chi connectivity index (χ2n) is 3.27. The molecule has 2 aliphatic rings. The molecule has 2 fully saturated rings. The molecular formula is C6H10O2S2. The van der Waals surface area contributed by atoms with Crippen LogP contribution < -0.4 is 0 Å². The summed E-state index contributed by atoms with van der Waals surface area (Å²) in [7, 11) is -1.58. The molecule has 10 heavy (non-hydrogen) atoms. The predicted molar refractivity (Wildman–Crippen MR) is 42.5 cm³/mol. The lowest BCUT2D eigenvalue weighted by Crippen LogP contribution is -2.20. The van der Waals surface area contributed by atoms with Gasteiger partial charge in [-0.2, -0.15) is 0 Å². The first kappa shape index (κ1) is 6.98. The summed E-state index contributed by atoms with van der Waals surface area (Å²) in [6.07, 6.45) is 3.41. The first-order valence-corrected chi connectivity index (χ1v) is 6.65. The van der Waals surface area contributed by atoms with E-state index in [-0.39, 0.29) is 5.41 Å². The average molecular weight is 178 g/mol. The van der Waals surface area contributed by atoms with Crippen molar-refractivity contribution in [3.05, 3.63) is 0 Å². The highest BCUT2D eigenvalue weighted by molar-refractivity contribution is 8.72. The molecule has 0 N–H and O–H groups in total. The first-order valence-electron chi connectivity index (χ1n) is 3.49. The molecule has 1 aliphatic carbocycles. The molecule has 1 aliphatic heterocycles. The molecule has 2 nitrogen and oxygen atoms in total. The van der Waals surface area contributed by atoms with Crippen molar-refractivity contribution < 1.29 is 8.42 Å². The fourth-order valence-electron chi connectivity index (χ4n) is 1.45. The van der Waals surface area contributed by atoms with E-state index in [9.17, 15) is 8.42 Å². The lowest BCUT2D eigenvalue weighted by molar-refractivity contribution is 0.531. The summed E-state index contributed by atoms with van der Waals surface area (Å²) in [5.74, 6) is 1.27. The van der Waals surface area contributed by atoms with E-state index in [4.69, 9.17) is 0 Å². The second-order valence-corrected chi connectivity index (χ2v) is 7.55. The summed E-state index contributed by atoms with van der Waals surface area (Å²) in [5, 5.41) is 0. The van der Waals surface area contributed by atoms with Crippen LogP contribution in [0.4, 0.5) is 0 Å². The van der Waals surface area contributed by atoms with Gasteiger partial charge in [0.1, 0.15) is 0 Å². The lowest BCUT2D eigenvalue weighted by atomic mass is 10.1. The van der Waals surface area contributed by atoms with Crippen LogP contribution in [0.15, 0.2) is 0 Å². The van der Waals surface area contributed by atoms with Crippen LogP contribution in [0.2, 0.25) is 0 Å². The summed E-state index contributed by atoms with van der Waals surface area (Å²) < 4.78 is 22.1. The molecule has 0 aromatic rings. The minimum atomic E-state index is -2.71. The zero-order chi connectivity index (χ0) is 7.24. The quantitative estimate of drug-likeness (QED) is 0.523. The molecule has 1 saturated carbocycles. The molecule has 0 atom stereocenters. The standard InChI is InChI=1S/C6H10O2S2/c7-10(8)5-6(1-2-6)3-4-9-10/h1-5H2. The van der Waals surface area contributed by atoms with Gasteiger partial charge in [0.25, 0.3) is 0 Å². The van der Waals surface area contributed by atoms with E-state index in [1.807, 2.05) is 0 Å². The summed E-state index contributed by atoms with van der Waals surface area (Å²) in [6.45, 7) is 0. The van der Waals surface area contributed by atoms with Crippen LogP contribution in [0.3, 0.4) is 0 Å². The topological polar surface area (TPSA) is 34.1 Å². The highest BCUT2D eigenvalue weighted by Crippen LogP contribution is 2.54. The summed E-state index contributed by atoms with van der Waals surface area (Å²) in [4.78, 5) is 0. The predicted octanol–water partition coefficient (Wildman–Crippen LogP) is 1.23. The molecule has 0 aromatic carbocycles. The fraction of sp³-hybridized carbons (Fsp3) is 1.00. The van der Waals surface area contributed by atoms with E-state index in [0.29, 0.717) is 5.75 Å². The fourth-order valence-corrected chi connectivity index (χ4v) is 5.49. The van der Waals surface area contributed by atoms with Gasteiger partial charge in [-0.1, -0.05) is 0 Å². The van der Waals surface area contributed by atoms with Gasteiger partial charge in [0, 0.05) is 5.75 Å². The van der Waals surface area contributed by atoms with Crippen molar-refractivity contribution >= 4 is 19.7 Å². The van der Waals surface area contributed by atoms with Gasteiger partial charge >= 0.3 is 0 Å². The van der Waals surface area contributed by atoms with Gasteiger partial charge in [-0.15, -0.1) is 0 Å². The molecule has 0 aromatic heterocycles. The van der Waals surface area contributed by atoms with Gasteiger partial charge in [0.2, 0.25) is 8.87 Å². The molecule has 1 spiro atoms. The van der Waals surface area contributed by atoms with Gasteiger partial charge in [0.05, 0.1) is 5.75 Å². The van der Waals surface area contributed by atoms with E-state index in [2.05, 4.69) is 0 Å². The first-order chi connectivity index (χ1) is 4.62. The van der Waals surface area contributed by atoms with Crippen molar-refractivity contribution in [2.45, 2.75) is 19.3 Å². The molecule has 0 bridgehead atoms. The van der Waals surface area contributed by atoms with Crippen LogP contribution in [-0.2, 0) is 8.87 Å². The van der Waals surface area contributed by atoms with Gasteiger partial charge in [-0.05, 0) is 35.5 Å². The number of hydrogen-bond donors (Lipinski definition) is 0. The highest BCUT2D eigenvalue weighted by Gasteiger charge is 2.48. The zero-order valence-electron chi connectivity index (χ0n) is 5.67. The third kappa shape index (κ3) is 1.19. The molecule has 0 unspecified atom stereocenters. The van der Waals surface area contributed by atoms with E-state index in [0.717, 1.165) is 35.8 Å². The van der Waals surface area contributed by atoms with Gasteiger partial charge in [-0.25, -0.2) is 8.42 Å². The van der Waals surface area contributed by atoms with Crippen molar-refractivity contribution in [1.29, 1.82) is 0 Å². The highest BCUT2D eigenvalue weighted by atomic mass is 33.1. The smallest absolute Gasteiger partial charge is 0.202 e. The third-order valence-electron chi connectivity index (χ3n) is 2.34. The van der Waals surface area contributed by atoms with Crippen LogP contribution in [-0.4, -0.2) is 19.9 Å². The maximum atomic E-state index is 11.1. The summed E-state index contributed by atoms with van der Waals surface area (Å²) >= 11 is 0. The monoisotopic (exact) mass is 178 g/mol. The number of hydrogen-bond acceptors (Lipinski definition) is 3. The minimum absolute atomic E-state index is 0.254. The molecule has 0 radical (unpaired) electrons. The largest absolute Gasteiger partial charge is 0.217 e. The molecular weight excluding hydrogens is 168 g/mol. The Kier molecular flexibility index (Phi) is 1.33. The van der Waals surface area contributed by atoms with Crippen molar-refractivity contribution in [3.8, 4) is 0 Å². The Morgan fingerprint density at radius 1 is 1.20 bits per heavy atom. The SMILES string of the molecule is O=S1(=O)CC2(CCS1)CC2. The maximum Gasteiger partial charge on any atom is 0.202 e. The third-order valence-corrected chi connectivity index (χ3v) is 5.96. The Balaban J connectivity index is 2.19. The molecule has 58 valence electrons. The second kappa shape index (κ2) is 1.91. The Hall–Kier alpha value is 0.300. The molecule has 2 rings (SSSR count). The molecule has 1 saturated heterocycles. The van der Waals surface area contributed by atoms with Gasteiger partial charge in [-0.3, -0.25) is 0 Å². The van der Waals surface area contributed by atoms with Crippen LogP contribution in [0.1, 0.15) is 19.3 Å². The zero-order valence-corrected chi connectivity index (χ0v) is 7.30. The summed E-state index contributed by atoms with van der Waals surface area (Å²) in [5.41, 5.74) is 0.254. The maximum absolute atomic E-state index is 11.1. The molecule has 4 heteroatoms.